The van der Waals surface area contributed by atoms with Crippen LogP contribution in [-0.4, -0.2) is 12.5 Å². The van der Waals surface area contributed by atoms with Gasteiger partial charge in [0.05, 0.1) is 6.07 Å². The van der Waals surface area contributed by atoms with Gasteiger partial charge in [0, 0.05) is 6.54 Å². The van der Waals surface area contributed by atoms with E-state index in [1.807, 2.05) is 13.8 Å². The van der Waals surface area contributed by atoms with Gasteiger partial charge in [-0.3, -0.25) is 4.79 Å². The maximum absolute atomic E-state index is 12.0. The maximum Gasteiger partial charge on any atom is 0.240 e. The summed E-state index contributed by atoms with van der Waals surface area (Å²) in [5.41, 5.74) is -0.470. The Morgan fingerprint density at radius 1 is 1.38 bits per heavy atom. The molecule has 0 saturated heterocycles. The number of carbonyl (C=O) groups is 1. The third-order valence-corrected chi connectivity index (χ3v) is 4.19. The molecule has 3 nitrogen and oxygen atoms in total. The molecule has 0 aromatic heterocycles. The highest BCUT2D eigenvalue weighted by Crippen LogP contribution is 2.48. The standard InChI is InChI=1S/C13H22N2O/c1-4-12(7-8-12)10-15-11(16)13(5-2,6-3)9-14/h4-8,10H2,1-3H3,(H,15,16). The Balaban J connectivity index is 2.54. The summed E-state index contributed by atoms with van der Waals surface area (Å²) in [6.45, 7) is 6.71. The van der Waals surface area contributed by atoms with E-state index in [4.69, 9.17) is 5.26 Å². The lowest BCUT2D eigenvalue weighted by Crippen LogP contribution is -2.41. The van der Waals surface area contributed by atoms with Crippen molar-refractivity contribution in [3.63, 3.8) is 0 Å². The molecule has 1 rings (SSSR count). The summed E-state index contributed by atoms with van der Waals surface area (Å²) in [6, 6.07) is 2.18. The molecule has 0 unspecified atom stereocenters. The van der Waals surface area contributed by atoms with E-state index in [-0.39, 0.29) is 5.91 Å². The van der Waals surface area contributed by atoms with Crippen molar-refractivity contribution in [1.82, 2.24) is 5.32 Å². The lowest BCUT2D eigenvalue weighted by molar-refractivity contribution is -0.128. The number of hydrogen-bond acceptors (Lipinski definition) is 2. The van der Waals surface area contributed by atoms with Gasteiger partial charge in [0.1, 0.15) is 5.41 Å². The second kappa shape index (κ2) is 4.86. The summed E-state index contributed by atoms with van der Waals surface area (Å²) in [5.74, 6) is -0.0836. The fourth-order valence-corrected chi connectivity index (χ4v) is 2.05. The predicted molar refractivity (Wildman–Crippen MR) is 63.6 cm³/mol. The molecule has 3 heteroatoms. The van der Waals surface area contributed by atoms with Crippen LogP contribution in [0.2, 0.25) is 0 Å². The molecule has 0 heterocycles. The fraction of sp³-hybridized carbons (Fsp3) is 0.846. The molecule has 0 aromatic rings. The first kappa shape index (κ1) is 13.0. The maximum atomic E-state index is 12.0. The van der Waals surface area contributed by atoms with Crippen LogP contribution < -0.4 is 5.32 Å². The van der Waals surface area contributed by atoms with E-state index in [2.05, 4.69) is 18.3 Å². The van der Waals surface area contributed by atoms with E-state index >= 15 is 0 Å². The number of nitrogens with one attached hydrogen (secondary N) is 1. The molecule has 1 aliphatic rings. The first-order valence-electron chi connectivity index (χ1n) is 6.27. The van der Waals surface area contributed by atoms with Crippen molar-refractivity contribution in [3.05, 3.63) is 0 Å². The quantitative estimate of drug-likeness (QED) is 0.751. The molecule has 0 spiro atoms. The molecule has 1 aliphatic carbocycles. The van der Waals surface area contributed by atoms with Crippen molar-refractivity contribution >= 4 is 5.91 Å². The third kappa shape index (κ3) is 2.37. The van der Waals surface area contributed by atoms with E-state index < -0.39 is 5.41 Å². The number of hydrogen-bond donors (Lipinski definition) is 1. The van der Waals surface area contributed by atoms with Gasteiger partial charge < -0.3 is 5.32 Å². The Morgan fingerprint density at radius 3 is 2.25 bits per heavy atom. The van der Waals surface area contributed by atoms with Gasteiger partial charge >= 0.3 is 0 Å². The smallest absolute Gasteiger partial charge is 0.240 e. The van der Waals surface area contributed by atoms with Gasteiger partial charge in [0.25, 0.3) is 0 Å². The molecule has 16 heavy (non-hydrogen) atoms. The second-order valence-electron chi connectivity index (χ2n) is 4.94. The molecule has 0 atom stereocenters. The van der Waals surface area contributed by atoms with E-state index in [1.165, 1.54) is 12.8 Å². The van der Waals surface area contributed by atoms with Gasteiger partial charge in [0.15, 0.2) is 0 Å². The molecule has 1 fully saturated rings. The van der Waals surface area contributed by atoms with Crippen LogP contribution in [0.1, 0.15) is 52.9 Å². The summed E-state index contributed by atoms with van der Waals surface area (Å²) in [6.07, 6.45) is 4.71. The van der Waals surface area contributed by atoms with E-state index in [0.29, 0.717) is 18.3 Å². The lowest BCUT2D eigenvalue weighted by Gasteiger charge is -2.24. The third-order valence-electron chi connectivity index (χ3n) is 4.19. The normalized spacial score (nSPS) is 17.6. The van der Waals surface area contributed by atoms with Crippen LogP contribution in [0.3, 0.4) is 0 Å². The Labute approximate surface area is 98.2 Å². The van der Waals surface area contributed by atoms with Crippen molar-refractivity contribution in [3.8, 4) is 6.07 Å². The Hall–Kier alpha value is -1.04. The van der Waals surface area contributed by atoms with Gasteiger partial charge in [-0.15, -0.1) is 0 Å². The van der Waals surface area contributed by atoms with Gasteiger partial charge in [-0.1, -0.05) is 20.8 Å². The molecule has 1 N–H and O–H groups in total. The van der Waals surface area contributed by atoms with E-state index in [0.717, 1.165) is 13.0 Å². The van der Waals surface area contributed by atoms with Gasteiger partial charge in [-0.25, -0.2) is 0 Å². The molecule has 90 valence electrons. The molecule has 0 radical (unpaired) electrons. The average molecular weight is 222 g/mol. The Bertz CT molecular complexity index is 296. The first-order valence-corrected chi connectivity index (χ1v) is 6.27. The number of nitriles is 1. The van der Waals surface area contributed by atoms with Crippen molar-refractivity contribution < 1.29 is 4.79 Å². The van der Waals surface area contributed by atoms with Crippen molar-refractivity contribution in [2.75, 3.05) is 6.54 Å². The zero-order chi connectivity index (χ0) is 12.2. The van der Waals surface area contributed by atoms with Gasteiger partial charge in [0.2, 0.25) is 5.91 Å². The van der Waals surface area contributed by atoms with Crippen molar-refractivity contribution in [1.29, 1.82) is 5.26 Å². The highest BCUT2D eigenvalue weighted by molar-refractivity contribution is 5.85. The lowest BCUT2D eigenvalue weighted by atomic mass is 9.83. The van der Waals surface area contributed by atoms with Crippen molar-refractivity contribution in [2.24, 2.45) is 10.8 Å². The summed E-state index contributed by atoms with van der Waals surface area (Å²) in [5, 5.41) is 12.1. The number of carbonyl (C=O) groups excluding carboxylic acids is 1. The minimum atomic E-state index is -0.816. The van der Waals surface area contributed by atoms with Crippen LogP contribution in [-0.2, 0) is 4.79 Å². The SMILES string of the molecule is CCC1(CNC(=O)C(C#N)(CC)CC)CC1. The zero-order valence-corrected chi connectivity index (χ0v) is 10.6. The summed E-state index contributed by atoms with van der Waals surface area (Å²) in [7, 11) is 0. The van der Waals surface area contributed by atoms with Crippen LogP contribution in [0.25, 0.3) is 0 Å². The van der Waals surface area contributed by atoms with Crippen LogP contribution in [0.5, 0.6) is 0 Å². The first-order chi connectivity index (χ1) is 7.58. The highest BCUT2D eigenvalue weighted by atomic mass is 16.2. The zero-order valence-electron chi connectivity index (χ0n) is 10.6. The minimum absolute atomic E-state index is 0.0836. The van der Waals surface area contributed by atoms with Gasteiger partial charge in [-0.2, -0.15) is 5.26 Å². The number of nitrogens with zero attached hydrogens (tertiary/aromatic N) is 1. The van der Waals surface area contributed by atoms with Gasteiger partial charge in [-0.05, 0) is 37.5 Å². The molecule has 0 aromatic carbocycles. The Kier molecular flexibility index (Phi) is 3.96. The van der Waals surface area contributed by atoms with Crippen LogP contribution >= 0.6 is 0 Å². The predicted octanol–water partition coefficient (Wildman–Crippen LogP) is 2.62. The topological polar surface area (TPSA) is 52.9 Å². The molecular weight excluding hydrogens is 200 g/mol. The molecule has 1 saturated carbocycles. The van der Waals surface area contributed by atoms with Crippen LogP contribution in [0, 0.1) is 22.2 Å². The van der Waals surface area contributed by atoms with E-state index in [1.54, 1.807) is 0 Å². The molecule has 0 aliphatic heterocycles. The van der Waals surface area contributed by atoms with Crippen molar-refractivity contribution in [2.45, 2.75) is 52.9 Å². The van der Waals surface area contributed by atoms with Crippen LogP contribution in [0.15, 0.2) is 0 Å². The largest absolute Gasteiger partial charge is 0.354 e. The summed E-state index contributed by atoms with van der Waals surface area (Å²) < 4.78 is 0. The molecular formula is C13H22N2O. The molecule has 0 bridgehead atoms. The fourth-order valence-electron chi connectivity index (χ4n) is 2.05. The number of amides is 1. The minimum Gasteiger partial charge on any atom is -0.354 e. The monoisotopic (exact) mass is 222 g/mol. The summed E-state index contributed by atoms with van der Waals surface area (Å²) >= 11 is 0. The second-order valence-corrected chi connectivity index (χ2v) is 4.94. The average Bonchev–Trinajstić information content (AvgIpc) is 3.10. The molecule has 1 amide bonds. The van der Waals surface area contributed by atoms with E-state index in [9.17, 15) is 4.79 Å². The number of rotatable bonds is 6. The summed E-state index contributed by atoms with van der Waals surface area (Å²) in [4.78, 5) is 12.0. The van der Waals surface area contributed by atoms with Crippen LogP contribution in [0.4, 0.5) is 0 Å². The highest BCUT2D eigenvalue weighted by Gasteiger charge is 2.42. The Morgan fingerprint density at radius 2 is 1.94 bits per heavy atom.